The smallest absolute Gasteiger partial charge is 0.251 e. The fraction of sp³-hybridized carbons (Fsp3) is 0.474. The summed E-state index contributed by atoms with van der Waals surface area (Å²) in [6, 6.07) is 3.05. The minimum absolute atomic E-state index is 0.125. The summed E-state index contributed by atoms with van der Waals surface area (Å²) in [6.07, 6.45) is 0.531. The molecule has 1 aromatic heterocycles. The van der Waals surface area contributed by atoms with Crippen molar-refractivity contribution in [2.45, 2.75) is 46.3 Å². The number of benzene rings is 1. The molecule has 0 radical (unpaired) electrons. The van der Waals surface area contributed by atoms with Gasteiger partial charge in [0.05, 0.1) is 11.7 Å². The lowest BCUT2D eigenvalue weighted by Crippen LogP contribution is -2.37. The van der Waals surface area contributed by atoms with Gasteiger partial charge in [-0.1, -0.05) is 0 Å². The van der Waals surface area contributed by atoms with E-state index in [1.165, 1.54) is 0 Å². The summed E-state index contributed by atoms with van der Waals surface area (Å²) in [5.41, 5.74) is 4.42. The molecule has 1 N–H and O–H groups in total. The summed E-state index contributed by atoms with van der Waals surface area (Å²) in [7, 11) is 1.90. The van der Waals surface area contributed by atoms with Crippen molar-refractivity contribution in [1.82, 2.24) is 15.1 Å². The van der Waals surface area contributed by atoms with Gasteiger partial charge in [0.1, 0.15) is 11.9 Å². The SMILES string of the molecule is Cc1cc(C(=O)N[C@H]2CCO[C@@H]2c2c(C)nn(C)c2C)cc(C)c1F. The van der Waals surface area contributed by atoms with Gasteiger partial charge < -0.3 is 10.1 Å². The van der Waals surface area contributed by atoms with E-state index in [0.29, 0.717) is 23.3 Å². The molecular weight excluding hydrogens is 321 g/mol. The van der Waals surface area contributed by atoms with Gasteiger partial charge in [-0.05, 0) is 57.4 Å². The summed E-state index contributed by atoms with van der Waals surface area (Å²) < 4.78 is 21.5. The van der Waals surface area contributed by atoms with Crippen LogP contribution in [-0.4, -0.2) is 28.3 Å². The third kappa shape index (κ3) is 3.18. The molecule has 3 rings (SSSR count). The highest BCUT2D eigenvalue weighted by Crippen LogP contribution is 2.33. The van der Waals surface area contributed by atoms with Crippen LogP contribution in [0.5, 0.6) is 0 Å². The molecule has 0 bridgehead atoms. The normalized spacial score (nSPS) is 20.1. The van der Waals surface area contributed by atoms with Crippen LogP contribution in [0.15, 0.2) is 12.1 Å². The Bertz CT molecular complexity index is 805. The number of nitrogens with one attached hydrogen (secondary N) is 1. The van der Waals surface area contributed by atoms with Crippen molar-refractivity contribution in [3.05, 3.63) is 51.6 Å². The monoisotopic (exact) mass is 345 g/mol. The van der Waals surface area contributed by atoms with Crippen molar-refractivity contribution < 1.29 is 13.9 Å². The number of rotatable bonds is 3. The maximum absolute atomic E-state index is 13.8. The summed E-state index contributed by atoms with van der Waals surface area (Å²) in [6.45, 7) is 7.88. The predicted molar refractivity (Wildman–Crippen MR) is 93.1 cm³/mol. The Balaban J connectivity index is 1.83. The molecule has 1 aliphatic heterocycles. The van der Waals surface area contributed by atoms with Gasteiger partial charge in [-0.3, -0.25) is 9.48 Å². The molecule has 134 valence electrons. The standard InChI is InChI=1S/C19H24FN3O2/c1-10-8-14(9-11(2)17(10)20)19(24)21-15-6-7-25-18(15)16-12(3)22-23(5)13(16)4/h8-9,15,18H,6-7H2,1-5H3,(H,21,24)/t15-,18-/m0/s1. The van der Waals surface area contributed by atoms with Crippen LogP contribution in [0.1, 0.15) is 51.0 Å². The second-order valence-corrected chi connectivity index (χ2v) is 6.79. The van der Waals surface area contributed by atoms with Crippen LogP contribution < -0.4 is 5.32 Å². The highest BCUT2D eigenvalue weighted by atomic mass is 19.1. The van der Waals surface area contributed by atoms with Crippen LogP contribution in [-0.2, 0) is 11.8 Å². The van der Waals surface area contributed by atoms with Gasteiger partial charge in [-0.15, -0.1) is 0 Å². The second kappa shape index (κ2) is 6.59. The van der Waals surface area contributed by atoms with E-state index in [0.717, 1.165) is 23.4 Å². The predicted octanol–water partition coefficient (Wildman–Crippen LogP) is 3.05. The molecule has 25 heavy (non-hydrogen) atoms. The lowest BCUT2D eigenvalue weighted by atomic mass is 9.99. The van der Waals surface area contributed by atoms with E-state index < -0.39 is 0 Å². The van der Waals surface area contributed by atoms with Gasteiger partial charge in [0.25, 0.3) is 5.91 Å². The number of aryl methyl sites for hydroxylation is 4. The number of carbonyl (C=O) groups excluding carboxylic acids is 1. The van der Waals surface area contributed by atoms with E-state index in [1.54, 1.807) is 26.0 Å². The molecule has 0 aliphatic carbocycles. The van der Waals surface area contributed by atoms with Crippen LogP contribution >= 0.6 is 0 Å². The number of nitrogens with zero attached hydrogens (tertiary/aromatic N) is 2. The van der Waals surface area contributed by atoms with Crippen molar-refractivity contribution in [2.75, 3.05) is 6.61 Å². The van der Waals surface area contributed by atoms with Crippen LogP contribution in [0.4, 0.5) is 4.39 Å². The van der Waals surface area contributed by atoms with Crippen LogP contribution in [0, 0.1) is 33.5 Å². The molecule has 0 unspecified atom stereocenters. The van der Waals surface area contributed by atoms with Crippen LogP contribution in [0.25, 0.3) is 0 Å². The molecule has 2 heterocycles. The Hall–Kier alpha value is -2.21. The highest BCUT2D eigenvalue weighted by molar-refractivity contribution is 5.94. The average Bonchev–Trinajstić information content (AvgIpc) is 3.09. The molecule has 0 saturated carbocycles. The number of aromatic nitrogens is 2. The third-order valence-corrected chi connectivity index (χ3v) is 4.96. The Morgan fingerprint density at radius 2 is 1.92 bits per heavy atom. The number of hydrogen-bond donors (Lipinski definition) is 1. The van der Waals surface area contributed by atoms with Gasteiger partial charge in [0.15, 0.2) is 0 Å². The van der Waals surface area contributed by atoms with Gasteiger partial charge in [-0.2, -0.15) is 5.10 Å². The summed E-state index contributed by atoms with van der Waals surface area (Å²) >= 11 is 0. The molecule has 0 spiro atoms. The fourth-order valence-electron chi connectivity index (χ4n) is 3.55. The van der Waals surface area contributed by atoms with E-state index in [2.05, 4.69) is 10.4 Å². The zero-order valence-electron chi connectivity index (χ0n) is 15.3. The molecule has 1 saturated heterocycles. The van der Waals surface area contributed by atoms with Crippen molar-refractivity contribution >= 4 is 5.91 Å². The van der Waals surface area contributed by atoms with Crippen LogP contribution in [0.3, 0.4) is 0 Å². The minimum Gasteiger partial charge on any atom is -0.371 e. The molecule has 1 amide bonds. The lowest BCUT2D eigenvalue weighted by Gasteiger charge is -2.21. The topological polar surface area (TPSA) is 56.1 Å². The van der Waals surface area contributed by atoms with Gasteiger partial charge >= 0.3 is 0 Å². The largest absolute Gasteiger partial charge is 0.371 e. The van der Waals surface area contributed by atoms with Crippen LogP contribution in [0.2, 0.25) is 0 Å². The first-order chi connectivity index (χ1) is 11.8. The lowest BCUT2D eigenvalue weighted by molar-refractivity contribution is 0.0817. The van der Waals surface area contributed by atoms with Crippen molar-refractivity contribution in [3.63, 3.8) is 0 Å². The number of ether oxygens (including phenoxy) is 1. The molecule has 2 atom stereocenters. The zero-order chi connectivity index (χ0) is 18.3. The number of amides is 1. The fourth-order valence-corrected chi connectivity index (χ4v) is 3.55. The molecule has 5 nitrogen and oxygen atoms in total. The summed E-state index contributed by atoms with van der Waals surface area (Å²) in [4.78, 5) is 12.7. The van der Waals surface area contributed by atoms with E-state index >= 15 is 0 Å². The average molecular weight is 345 g/mol. The molecule has 1 fully saturated rings. The molecule has 1 aliphatic rings. The first-order valence-corrected chi connectivity index (χ1v) is 8.49. The van der Waals surface area contributed by atoms with E-state index in [9.17, 15) is 9.18 Å². The Kier molecular flexibility index (Phi) is 4.64. The quantitative estimate of drug-likeness (QED) is 0.930. The van der Waals surface area contributed by atoms with Gasteiger partial charge in [0, 0.05) is 30.5 Å². The summed E-state index contributed by atoms with van der Waals surface area (Å²) in [5.74, 6) is -0.467. The van der Waals surface area contributed by atoms with Gasteiger partial charge in [0.2, 0.25) is 0 Å². The van der Waals surface area contributed by atoms with Crippen molar-refractivity contribution in [1.29, 1.82) is 0 Å². The Morgan fingerprint density at radius 1 is 1.28 bits per heavy atom. The van der Waals surface area contributed by atoms with E-state index in [1.807, 2.05) is 25.6 Å². The van der Waals surface area contributed by atoms with E-state index in [-0.39, 0.29) is 23.9 Å². The van der Waals surface area contributed by atoms with E-state index in [4.69, 9.17) is 4.74 Å². The first kappa shape index (κ1) is 17.6. The third-order valence-electron chi connectivity index (χ3n) is 4.96. The molecule has 1 aromatic carbocycles. The highest BCUT2D eigenvalue weighted by Gasteiger charge is 2.34. The maximum Gasteiger partial charge on any atom is 0.251 e. The Labute approximate surface area is 147 Å². The first-order valence-electron chi connectivity index (χ1n) is 8.49. The van der Waals surface area contributed by atoms with Crippen molar-refractivity contribution in [2.24, 2.45) is 7.05 Å². The molecule has 6 heteroatoms. The zero-order valence-corrected chi connectivity index (χ0v) is 15.3. The Morgan fingerprint density at radius 3 is 2.48 bits per heavy atom. The van der Waals surface area contributed by atoms with Gasteiger partial charge in [-0.25, -0.2) is 4.39 Å². The number of hydrogen-bond acceptors (Lipinski definition) is 3. The second-order valence-electron chi connectivity index (χ2n) is 6.79. The number of carbonyl (C=O) groups is 1. The van der Waals surface area contributed by atoms with Crippen molar-refractivity contribution in [3.8, 4) is 0 Å². The minimum atomic E-state index is -0.264. The molecular formula is C19H24FN3O2. The molecule has 2 aromatic rings. The number of halogens is 1. The maximum atomic E-state index is 13.8. The summed E-state index contributed by atoms with van der Waals surface area (Å²) in [5, 5.41) is 7.50.